The lowest BCUT2D eigenvalue weighted by Gasteiger charge is -2.06. The van der Waals surface area contributed by atoms with E-state index in [0.29, 0.717) is 16.7 Å². The number of hydrogen-bond donors (Lipinski definition) is 2. The first-order valence-electron chi connectivity index (χ1n) is 7.92. The van der Waals surface area contributed by atoms with Gasteiger partial charge in [0.2, 0.25) is 15.2 Å². The summed E-state index contributed by atoms with van der Waals surface area (Å²) in [6.07, 6.45) is 0. The molecule has 0 radical (unpaired) electrons. The zero-order valence-electron chi connectivity index (χ0n) is 14.2. The summed E-state index contributed by atoms with van der Waals surface area (Å²) in [6.45, 7) is 2.27. The van der Waals surface area contributed by atoms with Gasteiger partial charge in [-0.1, -0.05) is 59.8 Å². The zero-order valence-corrected chi connectivity index (χ0v) is 15.8. The second kappa shape index (κ2) is 7.90. The molecule has 2 aromatic carbocycles. The van der Waals surface area contributed by atoms with E-state index in [1.54, 1.807) is 30.3 Å². The fraction of sp³-hybridized carbons (Fsp3) is 0.176. The van der Waals surface area contributed by atoms with Crippen LogP contribution < -0.4 is 10.6 Å². The van der Waals surface area contributed by atoms with Crippen molar-refractivity contribution in [2.45, 2.75) is 17.0 Å². The third kappa shape index (κ3) is 4.24. The van der Waals surface area contributed by atoms with Crippen molar-refractivity contribution in [3.63, 3.8) is 0 Å². The van der Waals surface area contributed by atoms with E-state index in [4.69, 9.17) is 5.84 Å². The highest BCUT2D eigenvalue weighted by Crippen LogP contribution is 2.21. The Morgan fingerprint density at radius 3 is 2.46 bits per heavy atom. The molecule has 0 aliphatic heterocycles. The Bertz CT molecular complexity index is 970. The highest BCUT2D eigenvalue weighted by Gasteiger charge is 2.14. The molecule has 0 saturated carbocycles. The Morgan fingerprint density at radius 1 is 1.08 bits per heavy atom. The highest BCUT2D eigenvalue weighted by atomic mass is 32.2. The van der Waals surface area contributed by atoms with Crippen molar-refractivity contribution in [3.8, 4) is 11.4 Å². The van der Waals surface area contributed by atoms with Gasteiger partial charge in [0.25, 0.3) is 0 Å². The number of nitrogens with two attached hydrogens (primary N) is 1. The van der Waals surface area contributed by atoms with Crippen LogP contribution in [0.2, 0.25) is 0 Å². The third-order valence-electron chi connectivity index (χ3n) is 3.65. The number of aromatic nitrogens is 3. The molecule has 0 aliphatic rings. The first-order chi connectivity index (χ1) is 12.5. The number of thioether (sulfide) groups is 1. The smallest absolute Gasteiger partial charge is 0.240 e. The predicted molar refractivity (Wildman–Crippen MR) is 103 cm³/mol. The molecule has 0 atom stereocenters. The van der Waals surface area contributed by atoms with Crippen LogP contribution in [0.4, 0.5) is 0 Å². The molecule has 0 spiro atoms. The number of nitrogens with one attached hydrogen (secondary N) is 1. The maximum Gasteiger partial charge on any atom is 0.240 e. The molecule has 3 rings (SSSR count). The number of rotatable bonds is 7. The predicted octanol–water partition coefficient (Wildman–Crippen LogP) is 2.04. The van der Waals surface area contributed by atoms with Gasteiger partial charge < -0.3 is 5.84 Å². The molecule has 0 amide bonds. The molecule has 1 aromatic heterocycles. The Hall–Kier alpha value is -2.36. The van der Waals surface area contributed by atoms with Gasteiger partial charge in [0.15, 0.2) is 5.82 Å². The second-order valence-electron chi connectivity index (χ2n) is 5.60. The van der Waals surface area contributed by atoms with E-state index in [1.165, 1.54) is 16.4 Å². The molecular formula is C17H19N5O2S2. The van der Waals surface area contributed by atoms with Crippen LogP contribution in [0.5, 0.6) is 0 Å². The quantitative estimate of drug-likeness (QED) is 0.364. The van der Waals surface area contributed by atoms with Gasteiger partial charge >= 0.3 is 0 Å². The van der Waals surface area contributed by atoms with Gasteiger partial charge in [-0.25, -0.2) is 17.8 Å². The second-order valence-corrected chi connectivity index (χ2v) is 8.43. The minimum atomic E-state index is -3.50. The van der Waals surface area contributed by atoms with Crippen molar-refractivity contribution in [3.05, 3.63) is 60.2 Å². The van der Waals surface area contributed by atoms with Gasteiger partial charge in [-0.2, -0.15) is 0 Å². The van der Waals surface area contributed by atoms with Gasteiger partial charge in [-0.05, 0) is 19.1 Å². The SMILES string of the molecule is Cc1ccc(-c2nnc(SCCNS(=O)(=O)c3ccccc3)n2N)cc1. The van der Waals surface area contributed by atoms with Crippen molar-refractivity contribution in [1.29, 1.82) is 0 Å². The van der Waals surface area contributed by atoms with Gasteiger partial charge in [0.05, 0.1) is 4.90 Å². The minimum Gasteiger partial charge on any atom is -0.335 e. The summed E-state index contributed by atoms with van der Waals surface area (Å²) in [5.74, 6) is 7.11. The Morgan fingerprint density at radius 2 is 1.77 bits per heavy atom. The van der Waals surface area contributed by atoms with Crippen LogP contribution in [0, 0.1) is 6.92 Å². The Kier molecular flexibility index (Phi) is 5.60. The third-order valence-corrected chi connectivity index (χ3v) is 6.07. The monoisotopic (exact) mass is 389 g/mol. The maximum atomic E-state index is 12.1. The normalized spacial score (nSPS) is 11.6. The maximum absolute atomic E-state index is 12.1. The zero-order chi connectivity index (χ0) is 18.6. The van der Waals surface area contributed by atoms with Crippen LogP contribution in [0.15, 0.2) is 64.6 Å². The van der Waals surface area contributed by atoms with Crippen molar-refractivity contribution in [2.75, 3.05) is 18.1 Å². The number of sulfonamides is 1. The molecule has 0 bridgehead atoms. The summed E-state index contributed by atoms with van der Waals surface area (Å²) in [5.41, 5.74) is 2.03. The van der Waals surface area contributed by atoms with E-state index < -0.39 is 10.0 Å². The fourth-order valence-electron chi connectivity index (χ4n) is 2.28. The molecular weight excluding hydrogens is 370 g/mol. The Labute approximate surface area is 156 Å². The molecule has 136 valence electrons. The van der Waals surface area contributed by atoms with Gasteiger partial charge in [-0.15, -0.1) is 10.2 Å². The molecule has 0 fully saturated rings. The van der Waals surface area contributed by atoms with E-state index in [1.807, 2.05) is 31.2 Å². The highest BCUT2D eigenvalue weighted by molar-refractivity contribution is 7.99. The van der Waals surface area contributed by atoms with Crippen LogP contribution in [-0.4, -0.2) is 35.6 Å². The number of nitrogen functional groups attached to an aromatic ring is 1. The lowest BCUT2D eigenvalue weighted by atomic mass is 10.1. The fourth-order valence-corrected chi connectivity index (χ4v) is 4.17. The molecule has 1 heterocycles. The lowest BCUT2D eigenvalue weighted by Crippen LogP contribution is -2.26. The number of aryl methyl sites for hydroxylation is 1. The van der Waals surface area contributed by atoms with Crippen molar-refractivity contribution in [1.82, 2.24) is 19.6 Å². The number of benzene rings is 2. The number of nitrogens with zero attached hydrogens (tertiary/aromatic N) is 3. The topological polar surface area (TPSA) is 103 Å². The minimum absolute atomic E-state index is 0.244. The van der Waals surface area contributed by atoms with E-state index in [0.717, 1.165) is 11.1 Å². The molecule has 0 aliphatic carbocycles. The first kappa shape index (κ1) is 18.4. The van der Waals surface area contributed by atoms with Crippen LogP contribution in [0.1, 0.15) is 5.56 Å². The van der Waals surface area contributed by atoms with Crippen molar-refractivity contribution < 1.29 is 8.42 Å². The standard InChI is InChI=1S/C17H19N5O2S2/c1-13-7-9-14(10-8-13)16-20-21-17(22(16)18)25-12-11-19-26(23,24)15-5-3-2-4-6-15/h2-10,19H,11-12,18H2,1H3. The van der Waals surface area contributed by atoms with Crippen molar-refractivity contribution >= 4 is 21.8 Å². The molecule has 0 unspecified atom stereocenters. The van der Waals surface area contributed by atoms with Crippen LogP contribution >= 0.6 is 11.8 Å². The summed E-state index contributed by atoms with van der Waals surface area (Å²) >= 11 is 1.34. The van der Waals surface area contributed by atoms with E-state index in [2.05, 4.69) is 14.9 Å². The molecule has 26 heavy (non-hydrogen) atoms. The van der Waals surface area contributed by atoms with Gasteiger partial charge in [0, 0.05) is 17.9 Å². The Balaban J connectivity index is 1.58. The summed E-state index contributed by atoms with van der Waals surface area (Å²) in [4.78, 5) is 0.244. The summed E-state index contributed by atoms with van der Waals surface area (Å²) < 4.78 is 28.3. The summed E-state index contributed by atoms with van der Waals surface area (Å²) in [5, 5.41) is 8.73. The molecule has 3 N–H and O–H groups in total. The van der Waals surface area contributed by atoms with E-state index >= 15 is 0 Å². The summed E-state index contributed by atoms with van der Waals surface area (Å²) in [7, 11) is -3.50. The largest absolute Gasteiger partial charge is 0.335 e. The molecule has 7 nitrogen and oxygen atoms in total. The first-order valence-corrected chi connectivity index (χ1v) is 10.4. The summed E-state index contributed by atoms with van der Waals surface area (Å²) in [6, 6.07) is 16.1. The lowest BCUT2D eigenvalue weighted by molar-refractivity contribution is 0.584. The molecule has 3 aromatic rings. The molecule has 0 saturated heterocycles. The van der Waals surface area contributed by atoms with Gasteiger partial charge in [-0.3, -0.25) is 0 Å². The average molecular weight is 390 g/mol. The van der Waals surface area contributed by atoms with Crippen molar-refractivity contribution in [2.24, 2.45) is 0 Å². The van der Waals surface area contributed by atoms with Crippen LogP contribution in [0.25, 0.3) is 11.4 Å². The van der Waals surface area contributed by atoms with E-state index in [9.17, 15) is 8.42 Å². The van der Waals surface area contributed by atoms with Crippen LogP contribution in [-0.2, 0) is 10.0 Å². The average Bonchev–Trinajstić information content (AvgIpc) is 3.01. The van der Waals surface area contributed by atoms with Crippen LogP contribution in [0.3, 0.4) is 0 Å². The van der Waals surface area contributed by atoms with Gasteiger partial charge in [0.1, 0.15) is 0 Å². The number of hydrogen-bond acceptors (Lipinski definition) is 6. The van der Waals surface area contributed by atoms with E-state index in [-0.39, 0.29) is 11.4 Å². The molecule has 9 heteroatoms.